The zero-order valence-corrected chi connectivity index (χ0v) is 11.0. The SMILES string of the molecule is CC(CO)NC(=O)c1cc2ccc(OC(F)(F)F)cc2[nH]1. The number of nitrogens with one attached hydrogen (secondary N) is 2. The van der Waals surface area contributed by atoms with Gasteiger partial charge in [-0.05, 0) is 25.1 Å². The maximum atomic E-state index is 12.1. The highest BCUT2D eigenvalue weighted by Gasteiger charge is 2.31. The van der Waals surface area contributed by atoms with Crippen molar-refractivity contribution in [1.29, 1.82) is 0 Å². The third-order valence-electron chi connectivity index (χ3n) is 2.72. The second-order valence-electron chi connectivity index (χ2n) is 4.54. The number of carbonyl (C=O) groups is 1. The van der Waals surface area contributed by atoms with E-state index in [1.807, 2.05) is 0 Å². The summed E-state index contributed by atoms with van der Waals surface area (Å²) in [5.41, 5.74) is 0.535. The Kier molecular flexibility index (Phi) is 4.08. The van der Waals surface area contributed by atoms with Gasteiger partial charge in [0.05, 0.1) is 6.61 Å². The first-order chi connectivity index (χ1) is 9.78. The fraction of sp³-hybridized carbons (Fsp3) is 0.308. The van der Waals surface area contributed by atoms with Gasteiger partial charge in [0.1, 0.15) is 11.4 Å². The third kappa shape index (κ3) is 3.88. The van der Waals surface area contributed by atoms with Crippen LogP contribution in [0.3, 0.4) is 0 Å². The molecule has 1 unspecified atom stereocenters. The van der Waals surface area contributed by atoms with E-state index >= 15 is 0 Å². The smallest absolute Gasteiger partial charge is 0.406 e. The van der Waals surface area contributed by atoms with Crippen LogP contribution in [0.25, 0.3) is 10.9 Å². The highest BCUT2D eigenvalue weighted by atomic mass is 19.4. The van der Waals surface area contributed by atoms with E-state index in [1.165, 1.54) is 18.2 Å². The number of hydrogen-bond donors (Lipinski definition) is 3. The lowest BCUT2D eigenvalue weighted by molar-refractivity contribution is -0.274. The van der Waals surface area contributed by atoms with Crippen LogP contribution < -0.4 is 10.1 Å². The Labute approximate surface area is 117 Å². The van der Waals surface area contributed by atoms with Gasteiger partial charge in [0.25, 0.3) is 5.91 Å². The number of alkyl halides is 3. The molecule has 1 amide bonds. The lowest BCUT2D eigenvalue weighted by Crippen LogP contribution is -2.35. The van der Waals surface area contributed by atoms with E-state index in [2.05, 4.69) is 15.0 Å². The van der Waals surface area contributed by atoms with Gasteiger partial charge in [0.2, 0.25) is 0 Å². The van der Waals surface area contributed by atoms with Gasteiger partial charge < -0.3 is 20.1 Å². The summed E-state index contributed by atoms with van der Waals surface area (Å²) in [6, 6.07) is 4.83. The molecule has 21 heavy (non-hydrogen) atoms. The highest BCUT2D eigenvalue weighted by Crippen LogP contribution is 2.26. The predicted molar refractivity (Wildman–Crippen MR) is 69.0 cm³/mol. The second kappa shape index (κ2) is 5.65. The number of aliphatic hydroxyl groups is 1. The summed E-state index contributed by atoms with van der Waals surface area (Å²) in [6.07, 6.45) is -4.77. The van der Waals surface area contributed by atoms with E-state index in [1.54, 1.807) is 6.92 Å². The summed E-state index contributed by atoms with van der Waals surface area (Å²) in [5, 5.41) is 12.0. The van der Waals surface area contributed by atoms with Gasteiger partial charge in [-0.2, -0.15) is 0 Å². The normalized spacial score (nSPS) is 13.2. The number of carbonyl (C=O) groups excluding carboxylic acids is 1. The zero-order valence-electron chi connectivity index (χ0n) is 11.0. The van der Waals surface area contributed by atoms with E-state index in [0.29, 0.717) is 10.9 Å². The Morgan fingerprint density at radius 2 is 2.14 bits per heavy atom. The van der Waals surface area contributed by atoms with Crippen molar-refractivity contribution in [2.75, 3.05) is 6.61 Å². The Morgan fingerprint density at radius 3 is 2.76 bits per heavy atom. The minimum atomic E-state index is -4.77. The molecule has 1 aromatic carbocycles. The van der Waals surface area contributed by atoms with Crippen molar-refractivity contribution >= 4 is 16.8 Å². The molecular weight excluding hydrogens is 289 g/mol. The standard InChI is InChI=1S/C13H13F3N2O3/c1-7(6-19)17-12(20)11-4-8-2-3-9(5-10(8)18-11)21-13(14,15)16/h2-5,7,18-19H,6H2,1H3,(H,17,20). The fourth-order valence-corrected chi connectivity index (χ4v) is 1.77. The van der Waals surface area contributed by atoms with Gasteiger partial charge in [-0.1, -0.05) is 0 Å². The highest BCUT2D eigenvalue weighted by molar-refractivity contribution is 5.98. The summed E-state index contributed by atoms with van der Waals surface area (Å²) < 4.78 is 40.2. The summed E-state index contributed by atoms with van der Waals surface area (Å²) in [4.78, 5) is 14.5. The van der Waals surface area contributed by atoms with Crippen LogP contribution in [0.1, 0.15) is 17.4 Å². The molecule has 2 rings (SSSR count). The van der Waals surface area contributed by atoms with Crippen molar-refractivity contribution < 1.29 is 27.8 Å². The minimum Gasteiger partial charge on any atom is -0.406 e. The Bertz CT molecular complexity index is 652. The van der Waals surface area contributed by atoms with Gasteiger partial charge in [-0.15, -0.1) is 13.2 Å². The molecule has 1 aromatic heterocycles. The van der Waals surface area contributed by atoms with Gasteiger partial charge in [0.15, 0.2) is 0 Å². The fourth-order valence-electron chi connectivity index (χ4n) is 1.77. The van der Waals surface area contributed by atoms with Crippen molar-refractivity contribution in [3.8, 4) is 5.75 Å². The summed E-state index contributed by atoms with van der Waals surface area (Å²) >= 11 is 0. The van der Waals surface area contributed by atoms with Crippen LogP contribution in [-0.2, 0) is 0 Å². The summed E-state index contributed by atoms with van der Waals surface area (Å²) in [7, 11) is 0. The first-order valence-corrected chi connectivity index (χ1v) is 6.09. The lowest BCUT2D eigenvalue weighted by Gasteiger charge is -2.09. The van der Waals surface area contributed by atoms with Crippen molar-refractivity contribution in [1.82, 2.24) is 10.3 Å². The number of aliphatic hydroxyl groups excluding tert-OH is 1. The molecule has 0 saturated heterocycles. The maximum absolute atomic E-state index is 12.1. The molecule has 0 aliphatic carbocycles. The molecule has 0 spiro atoms. The quantitative estimate of drug-likeness (QED) is 0.810. The molecule has 0 bridgehead atoms. The molecule has 3 N–H and O–H groups in total. The van der Waals surface area contributed by atoms with E-state index in [-0.39, 0.29) is 18.1 Å². The molecule has 5 nitrogen and oxygen atoms in total. The molecular formula is C13H13F3N2O3. The van der Waals surface area contributed by atoms with Crippen LogP contribution in [0.5, 0.6) is 5.75 Å². The van der Waals surface area contributed by atoms with Crippen LogP contribution >= 0.6 is 0 Å². The number of benzene rings is 1. The lowest BCUT2D eigenvalue weighted by atomic mass is 10.2. The Balaban J connectivity index is 2.23. The van der Waals surface area contributed by atoms with Gasteiger partial charge in [-0.25, -0.2) is 0 Å². The molecule has 0 fully saturated rings. The van der Waals surface area contributed by atoms with E-state index in [9.17, 15) is 18.0 Å². The molecule has 114 valence electrons. The van der Waals surface area contributed by atoms with Crippen LogP contribution in [0.4, 0.5) is 13.2 Å². The van der Waals surface area contributed by atoms with E-state index in [0.717, 1.165) is 6.07 Å². The first-order valence-electron chi connectivity index (χ1n) is 6.09. The first kappa shape index (κ1) is 15.2. The van der Waals surface area contributed by atoms with Crippen molar-refractivity contribution in [3.63, 3.8) is 0 Å². The number of aromatic amines is 1. The van der Waals surface area contributed by atoms with Gasteiger partial charge >= 0.3 is 6.36 Å². The van der Waals surface area contributed by atoms with E-state index in [4.69, 9.17) is 5.11 Å². The topological polar surface area (TPSA) is 74.3 Å². The molecule has 8 heteroatoms. The minimum absolute atomic E-state index is 0.189. The Morgan fingerprint density at radius 1 is 1.43 bits per heavy atom. The molecule has 0 saturated carbocycles. The van der Waals surface area contributed by atoms with Crippen LogP contribution in [0.15, 0.2) is 24.3 Å². The number of ether oxygens (including phenoxy) is 1. The van der Waals surface area contributed by atoms with Gasteiger partial charge in [-0.3, -0.25) is 4.79 Å². The van der Waals surface area contributed by atoms with Crippen LogP contribution in [0, 0.1) is 0 Å². The summed E-state index contributed by atoms with van der Waals surface area (Å²) in [5.74, 6) is -0.821. The second-order valence-corrected chi connectivity index (χ2v) is 4.54. The number of H-pyrrole nitrogens is 1. The molecule has 1 atom stereocenters. The monoisotopic (exact) mass is 302 g/mol. The summed E-state index contributed by atoms with van der Waals surface area (Å²) in [6.45, 7) is 1.41. The zero-order chi connectivity index (χ0) is 15.6. The number of amides is 1. The number of halogens is 3. The van der Waals surface area contributed by atoms with Crippen molar-refractivity contribution in [2.24, 2.45) is 0 Å². The van der Waals surface area contributed by atoms with Gasteiger partial charge in [0, 0.05) is 23.0 Å². The molecule has 0 aliphatic heterocycles. The maximum Gasteiger partial charge on any atom is 0.573 e. The predicted octanol–water partition coefficient (Wildman–Crippen LogP) is 2.18. The number of fused-ring (bicyclic) bond motifs is 1. The molecule has 0 radical (unpaired) electrons. The molecule has 1 heterocycles. The van der Waals surface area contributed by atoms with Crippen LogP contribution in [-0.4, -0.2) is 35.0 Å². The van der Waals surface area contributed by atoms with Crippen molar-refractivity contribution in [2.45, 2.75) is 19.3 Å². The largest absolute Gasteiger partial charge is 0.573 e. The average Bonchev–Trinajstić information content (AvgIpc) is 2.79. The number of rotatable bonds is 4. The number of hydrogen-bond acceptors (Lipinski definition) is 3. The third-order valence-corrected chi connectivity index (χ3v) is 2.72. The van der Waals surface area contributed by atoms with Crippen LogP contribution in [0.2, 0.25) is 0 Å². The Hall–Kier alpha value is -2.22. The molecule has 2 aromatic rings. The number of aromatic nitrogens is 1. The van der Waals surface area contributed by atoms with Crippen molar-refractivity contribution in [3.05, 3.63) is 30.0 Å². The average molecular weight is 302 g/mol. The van der Waals surface area contributed by atoms with E-state index < -0.39 is 18.3 Å². The molecule has 0 aliphatic rings.